The third-order valence-electron chi connectivity index (χ3n) is 5.34. The van der Waals surface area contributed by atoms with Gasteiger partial charge in [0, 0.05) is 18.7 Å². The SMILES string of the molecule is C[C@@H]1C(=O)NCCN1C(=O)N[C@H](c1ccc(F)c(Cl)c1F)C1CC(OC(F)F)C1. The van der Waals surface area contributed by atoms with Gasteiger partial charge in [0.05, 0.1) is 12.1 Å². The summed E-state index contributed by atoms with van der Waals surface area (Å²) in [6.07, 6.45) is -0.419. The van der Waals surface area contributed by atoms with Crippen LogP contribution in [-0.2, 0) is 9.53 Å². The minimum atomic E-state index is -2.93. The second-order valence-electron chi connectivity index (χ2n) is 7.10. The van der Waals surface area contributed by atoms with Crippen molar-refractivity contribution in [1.82, 2.24) is 15.5 Å². The summed E-state index contributed by atoms with van der Waals surface area (Å²) in [4.78, 5) is 25.9. The van der Waals surface area contributed by atoms with Gasteiger partial charge in [-0.15, -0.1) is 0 Å². The highest BCUT2D eigenvalue weighted by atomic mass is 35.5. The van der Waals surface area contributed by atoms with Crippen molar-refractivity contribution in [3.05, 3.63) is 34.4 Å². The van der Waals surface area contributed by atoms with Gasteiger partial charge in [-0.05, 0) is 31.7 Å². The first-order chi connectivity index (χ1) is 13.7. The molecule has 29 heavy (non-hydrogen) atoms. The van der Waals surface area contributed by atoms with Crippen molar-refractivity contribution in [3.63, 3.8) is 0 Å². The number of nitrogens with zero attached hydrogens (tertiary/aromatic N) is 1. The lowest BCUT2D eigenvalue weighted by Gasteiger charge is -2.42. The normalized spacial score (nSPS) is 25.4. The fourth-order valence-electron chi connectivity index (χ4n) is 3.64. The number of halogens is 5. The van der Waals surface area contributed by atoms with Gasteiger partial charge in [-0.25, -0.2) is 13.6 Å². The van der Waals surface area contributed by atoms with E-state index in [0.717, 1.165) is 12.1 Å². The number of benzene rings is 1. The maximum atomic E-state index is 14.6. The minimum absolute atomic E-state index is 0.0561. The second-order valence-corrected chi connectivity index (χ2v) is 7.48. The number of hydrogen-bond donors (Lipinski definition) is 2. The third-order valence-corrected chi connectivity index (χ3v) is 5.68. The molecule has 2 aliphatic rings. The third kappa shape index (κ3) is 4.58. The Balaban J connectivity index is 1.81. The summed E-state index contributed by atoms with van der Waals surface area (Å²) in [6.45, 7) is -0.862. The number of nitrogens with one attached hydrogen (secondary N) is 2. The molecule has 0 spiro atoms. The van der Waals surface area contributed by atoms with Crippen molar-refractivity contribution in [2.24, 2.45) is 5.92 Å². The number of urea groups is 1. The molecular formula is C18H20ClF4N3O3. The second kappa shape index (κ2) is 8.74. The highest BCUT2D eigenvalue weighted by Crippen LogP contribution is 2.42. The highest BCUT2D eigenvalue weighted by molar-refractivity contribution is 6.31. The van der Waals surface area contributed by atoms with Crippen LogP contribution in [0.1, 0.15) is 31.4 Å². The first kappa shape index (κ1) is 21.6. The van der Waals surface area contributed by atoms with Crippen LogP contribution >= 0.6 is 11.6 Å². The number of carbonyl (C=O) groups excluding carboxylic acids is 2. The summed E-state index contributed by atoms with van der Waals surface area (Å²) in [5, 5.41) is 4.57. The molecule has 6 nitrogen and oxygen atoms in total. The molecule has 1 aliphatic heterocycles. The number of amides is 3. The summed E-state index contributed by atoms with van der Waals surface area (Å²) < 4.78 is 57.4. The summed E-state index contributed by atoms with van der Waals surface area (Å²) in [5.74, 6) is -2.73. The van der Waals surface area contributed by atoms with Crippen LogP contribution in [0.5, 0.6) is 0 Å². The first-order valence-electron chi connectivity index (χ1n) is 9.11. The lowest BCUT2D eigenvalue weighted by molar-refractivity contribution is -0.193. The molecule has 3 rings (SSSR count). The smallest absolute Gasteiger partial charge is 0.345 e. The maximum absolute atomic E-state index is 14.6. The maximum Gasteiger partial charge on any atom is 0.345 e. The van der Waals surface area contributed by atoms with Crippen molar-refractivity contribution in [2.75, 3.05) is 13.1 Å². The predicted molar refractivity (Wildman–Crippen MR) is 95.4 cm³/mol. The monoisotopic (exact) mass is 437 g/mol. The average Bonchev–Trinajstić information content (AvgIpc) is 2.63. The van der Waals surface area contributed by atoms with E-state index in [0.29, 0.717) is 0 Å². The Kier molecular flexibility index (Phi) is 6.52. The van der Waals surface area contributed by atoms with Gasteiger partial charge in [0.2, 0.25) is 5.91 Å². The van der Waals surface area contributed by atoms with Crippen LogP contribution in [-0.4, -0.2) is 48.7 Å². The van der Waals surface area contributed by atoms with E-state index in [1.165, 1.54) is 4.90 Å². The van der Waals surface area contributed by atoms with E-state index in [1.54, 1.807) is 6.92 Å². The molecule has 1 aliphatic carbocycles. The molecule has 0 aromatic heterocycles. The molecule has 1 saturated heterocycles. The van der Waals surface area contributed by atoms with Gasteiger partial charge in [0.1, 0.15) is 22.7 Å². The van der Waals surface area contributed by atoms with E-state index in [9.17, 15) is 27.2 Å². The number of carbonyl (C=O) groups is 2. The van der Waals surface area contributed by atoms with Crippen molar-refractivity contribution < 1.29 is 31.9 Å². The van der Waals surface area contributed by atoms with Crippen molar-refractivity contribution >= 4 is 23.5 Å². The van der Waals surface area contributed by atoms with Gasteiger partial charge in [-0.1, -0.05) is 17.7 Å². The molecule has 0 bridgehead atoms. The molecule has 0 unspecified atom stereocenters. The molecule has 1 saturated carbocycles. The van der Waals surface area contributed by atoms with Crippen LogP contribution in [0.2, 0.25) is 5.02 Å². The highest BCUT2D eigenvalue weighted by Gasteiger charge is 2.41. The molecule has 2 N–H and O–H groups in total. The standard InChI is InChI=1S/C18H20ClF4N3O3/c1-8-16(27)24-4-5-26(8)18(28)25-15(9-6-10(7-9)29-17(22)23)11-2-3-12(20)13(19)14(11)21/h2-3,8-10,15,17H,4-7H2,1H3,(H,24,27)(H,25,28)/t8-,9?,10?,15+/m1/s1. The molecule has 160 valence electrons. The van der Waals surface area contributed by atoms with E-state index in [1.807, 2.05) is 0 Å². The topological polar surface area (TPSA) is 70.7 Å². The van der Waals surface area contributed by atoms with Gasteiger partial charge < -0.3 is 20.3 Å². The van der Waals surface area contributed by atoms with Gasteiger partial charge in [0.15, 0.2) is 0 Å². The van der Waals surface area contributed by atoms with Crippen molar-refractivity contribution in [2.45, 2.75) is 44.6 Å². The Bertz CT molecular complexity index is 792. The Morgan fingerprint density at radius 2 is 2.03 bits per heavy atom. The van der Waals surface area contributed by atoms with Crippen LogP contribution in [0.4, 0.5) is 22.4 Å². The predicted octanol–water partition coefficient (Wildman–Crippen LogP) is 3.21. The average molecular weight is 438 g/mol. The molecule has 0 radical (unpaired) electrons. The van der Waals surface area contributed by atoms with Crippen LogP contribution < -0.4 is 10.6 Å². The van der Waals surface area contributed by atoms with Gasteiger partial charge in [-0.2, -0.15) is 8.78 Å². The van der Waals surface area contributed by atoms with Gasteiger partial charge in [-0.3, -0.25) is 4.79 Å². The lowest BCUT2D eigenvalue weighted by Crippen LogP contribution is -2.59. The Labute approximate surface area is 169 Å². The number of rotatable bonds is 5. The molecule has 1 aromatic carbocycles. The van der Waals surface area contributed by atoms with Gasteiger partial charge in [0.25, 0.3) is 0 Å². The zero-order valence-corrected chi connectivity index (χ0v) is 16.2. The molecule has 2 fully saturated rings. The number of piperazine rings is 1. The van der Waals surface area contributed by atoms with Crippen molar-refractivity contribution in [1.29, 1.82) is 0 Å². The first-order valence-corrected chi connectivity index (χ1v) is 9.48. The summed E-state index contributed by atoms with van der Waals surface area (Å²) in [6, 6.07) is -0.161. The van der Waals surface area contributed by atoms with E-state index in [-0.39, 0.29) is 37.4 Å². The largest absolute Gasteiger partial charge is 0.353 e. The van der Waals surface area contributed by atoms with E-state index >= 15 is 0 Å². The van der Waals surface area contributed by atoms with Crippen LogP contribution in [0.25, 0.3) is 0 Å². The molecule has 3 amide bonds. The zero-order valence-electron chi connectivity index (χ0n) is 15.4. The molecule has 11 heteroatoms. The number of alkyl halides is 2. The number of hydrogen-bond acceptors (Lipinski definition) is 3. The zero-order chi connectivity index (χ0) is 21.3. The fourth-order valence-corrected chi connectivity index (χ4v) is 3.81. The Morgan fingerprint density at radius 1 is 1.34 bits per heavy atom. The molecule has 2 atom stereocenters. The van der Waals surface area contributed by atoms with Crippen LogP contribution in [0, 0.1) is 17.6 Å². The summed E-state index contributed by atoms with van der Waals surface area (Å²) in [7, 11) is 0. The van der Waals surface area contributed by atoms with Crippen molar-refractivity contribution in [3.8, 4) is 0 Å². The van der Waals surface area contributed by atoms with E-state index in [2.05, 4.69) is 15.4 Å². The fraction of sp³-hybridized carbons (Fsp3) is 0.556. The Morgan fingerprint density at radius 3 is 2.69 bits per heavy atom. The minimum Gasteiger partial charge on any atom is -0.353 e. The van der Waals surface area contributed by atoms with Crippen LogP contribution in [0.15, 0.2) is 12.1 Å². The van der Waals surface area contributed by atoms with E-state index < -0.39 is 53.4 Å². The lowest BCUT2D eigenvalue weighted by atomic mass is 9.74. The number of ether oxygens (including phenoxy) is 1. The van der Waals surface area contributed by atoms with E-state index in [4.69, 9.17) is 11.6 Å². The summed E-state index contributed by atoms with van der Waals surface area (Å²) in [5.41, 5.74) is -0.0561. The van der Waals surface area contributed by atoms with Gasteiger partial charge >= 0.3 is 12.6 Å². The quantitative estimate of drug-likeness (QED) is 0.549. The molecular weight excluding hydrogens is 418 g/mol. The Hall–Kier alpha value is -2.07. The summed E-state index contributed by atoms with van der Waals surface area (Å²) >= 11 is 5.67. The van der Waals surface area contributed by atoms with Crippen LogP contribution in [0.3, 0.4) is 0 Å². The molecule has 1 heterocycles. The molecule has 1 aromatic rings.